The highest BCUT2D eigenvalue weighted by molar-refractivity contribution is 7.15. The Morgan fingerprint density at radius 2 is 2.32 bits per heavy atom. The first-order valence-corrected chi connectivity index (χ1v) is 7.06. The van der Waals surface area contributed by atoms with Crippen molar-refractivity contribution in [3.63, 3.8) is 0 Å². The fraction of sp³-hybridized carbons (Fsp3) is 0.143. The molecule has 2 rings (SSSR count). The number of hydrogen-bond donors (Lipinski definition) is 1. The van der Waals surface area contributed by atoms with Crippen LogP contribution in [0.4, 0.5) is 9.52 Å². The Labute approximate surface area is 129 Å². The number of aryl methyl sites for hydroxylation is 1. The third-order valence-corrected chi connectivity index (χ3v) is 3.58. The van der Waals surface area contributed by atoms with E-state index in [4.69, 9.17) is 0 Å². The zero-order chi connectivity index (χ0) is 16.1. The van der Waals surface area contributed by atoms with Gasteiger partial charge in [-0.2, -0.15) is 5.10 Å². The van der Waals surface area contributed by atoms with Crippen LogP contribution in [0.5, 0.6) is 0 Å². The lowest BCUT2D eigenvalue weighted by molar-refractivity contribution is 0.102. The van der Waals surface area contributed by atoms with E-state index in [0.717, 1.165) is 9.56 Å². The van der Waals surface area contributed by atoms with Crippen molar-refractivity contribution in [3.8, 4) is 0 Å². The number of thiazole rings is 1. The van der Waals surface area contributed by atoms with Crippen LogP contribution in [0.15, 0.2) is 47.7 Å². The van der Waals surface area contributed by atoms with E-state index in [1.165, 1.54) is 36.6 Å². The van der Waals surface area contributed by atoms with Gasteiger partial charge in [0.25, 0.3) is 11.5 Å². The second-order valence-corrected chi connectivity index (χ2v) is 5.51. The third-order valence-electron chi connectivity index (χ3n) is 2.67. The highest BCUT2D eigenvalue weighted by Gasteiger charge is 2.11. The molecule has 0 saturated heterocycles. The summed E-state index contributed by atoms with van der Waals surface area (Å²) in [6, 6.07) is 2.61. The second-order valence-electron chi connectivity index (χ2n) is 4.39. The maximum Gasteiger partial charge on any atom is 0.277 e. The predicted octanol–water partition coefficient (Wildman–Crippen LogP) is 2.07. The maximum absolute atomic E-state index is 12.0. The molecule has 0 unspecified atom stereocenters. The molecule has 114 valence electrons. The smallest absolute Gasteiger partial charge is 0.277 e. The number of nitrogens with zero attached hydrogens (tertiary/aromatic N) is 3. The average molecular weight is 320 g/mol. The van der Waals surface area contributed by atoms with E-state index in [-0.39, 0.29) is 11.3 Å². The van der Waals surface area contributed by atoms with E-state index in [2.05, 4.69) is 22.0 Å². The van der Waals surface area contributed by atoms with Gasteiger partial charge in [0, 0.05) is 30.6 Å². The van der Waals surface area contributed by atoms with Crippen LogP contribution in [-0.2, 0) is 13.5 Å². The Morgan fingerprint density at radius 3 is 3.00 bits per heavy atom. The number of allylic oxidation sites excluding steroid dienone is 2. The van der Waals surface area contributed by atoms with E-state index >= 15 is 0 Å². The molecule has 0 spiro atoms. The topological polar surface area (TPSA) is 76.9 Å². The zero-order valence-electron chi connectivity index (χ0n) is 11.7. The summed E-state index contributed by atoms with van der Waals surface area (Å²) in [5, 5.41) is 6.85. The minimum Gasteiger partial charge on any atom is -0.296 e. The first-order valence-electron chi connectivity index (χ1n) is 6.24. The fourth-order valence-corrected chi connectivity index (χ4v) is 2.46. The maximum atomic E-state index is 12.0. The number of rotatable bonds is 5. The molecule has 0 aliphatic carbocycles. The van der Waals surface area contributed by atoms with Crippen LogP contribution < -0.4 is 10.9 Å². The number of carbonyl (C=O) groups excluding carboxylic acids is 1. The Bertz CT molecular complexity index is 794. The Balaban J connectivity index is 2.06. The van der Waals surface area contributed by atoms with Crippen molar-refractivity contribution < 1.29 is 9.18 Å². The Kier molecular flexibility index (Phi) is 4.95. The van der Waals surface area contributed by atoms with Gasteiger partial charge in [0.1, 0.15) is 5.69 Å². The largest absolute Gasteiger partial charge is 0.296 e. The van der Waals surface area contributed by atoms with E-state index < -0.39 is 5.91 Å². The van der Waals surface area contributed by atoms with Gasteiger partial charge >= 0.3 is 0 Å². The molecule has 0 saturated carbocycles. The Morgan fingerprint density at radius 1 is 1.55 bits per heavy atom. The van der Waals surface area contributed by atoms with Crippen molar-refractivity contribution in [1.82, 2.24) is 14.8 Å². The van der Waals surface area contributed by atoms with Gasteiger partial charge < -0.3 is 0 Å². The van der Waals surface area contributed by atoms with Crippen LogP contribution in [0.2, 0.25) is 0 Å². The summed E-state index contributed by atoms with van der Waals surface area (Å²) >= 11 is 1.26. The van der Waals surface area contributed by atoms with Crippen molar-refractivity contribution in [2.45, 2.75) is 6.42 Å². The highest BCUT2D eigenvalue weighted by Crippen LogP contribution is 2.21. The molecule has 0 atom stereocenters. The van der Waals surface area contributed by atoms with Crippen molar-refractivity contribution in [3.05, 3.63) is 63.8 Å². The lowest BCUT2D eigenvalue weighted by Crippen LogP contribution is -2.23. The predicted molar refractivity (Wildman–Crippen MR) is 82.6 cm³/mol. The number of hydrogen-bond acceptors (Lipinski definition) is 5. The van der Waals surface area contributed by atoms with Crippen LogP contribution in [0.25, 0.3) is 0 Å². The van der Waals surface area contributed by atoms with Gasteiger partial charge in [0.15, 0.2) is 5.13 Å². The van der Waals surface area contributed by atoms with Crippen molar-refractivity contribution in [2.75, 3.05) is 5.32 Å². The zero-order valence-corrected chi connectivity index (χ0v) is 12.6. The molecule has 2 heterocycles. The van der Waals surface area contributed by atoms with Gasteiger partial charge in [-0.1, -0.05) is 6.58 Å². The number of carbonyl (C=O) groups is 1. The average Bonchev–Trinajstić information content (AvgIpc) is 2.89. The normalized spacial score (nSPS) is 10.8. The molecule has 22 heavy (non-hydrogen) atoms. The molecule has 0 aromatic carbocycles. The summed E-state index contributed by atoms with van der Waals surface area (Å²) in [5.41, 5.74) is 0.417. The molecule has 2 aromatic heterocycles. The number of amides is 1. The highest BCUT2D eigenvalue weighted by atomic mass is 32.1. The summed E-state index contributed by atoms with van der Waals surface area (Å²) in [7, 11) is 1.46. The summed E-state index contributed by atoms with van der Waals surface area (Å²) in [4.78, 5) is 28.1. The van der Waals surface area contributed by atoms with Crippen LogP contribution in [0.1, 0.15) is 15.4 Å². The van der Waals surface area contributed by atoms with Gasteiger partial charge in [-0.25, -0.2) is 14.1 Å². The number of aromatic nitrogens is 3. The van der Waals surface area contributed by atoms with Gasteiger partial charge in [-0.15, -0.1) is 11.3 Å². The van der Waals surface area contributed by atoms with Crippen molar-refractivity contribution in [2.24, 2.45) is 7.05 Å². The molecule has 0 aliphatic heterocycles. The molecule has 1 N–H and O–H groups in total. The van der Waals surface area contributed by atoms with Gasteiger partial charge in [-0.3, -0.25) is 14.9 Å². The molecular weight excluding hydrogens is 307 g/mol. The lowest BCUT2D eigenvalue weighted by Gasteiger charge is -2.02. The second kappa shape index (κ2) is 6.90. The molecule has 8 heteroatoms. The SMILES string of the molecule is C=C(/C=C/F)Cc1cnc(NC(=O)c2ccc(=O)n(C)n2)s1. The molecule has 6 nitrogen and oxygen atoms in total. The van der Waals surface area contributed by atoms with Crippen molar-refractivity contribution >= 4 is 22.4 Å². The van der Waals surface area contributed by atoms with E-state index in [1.54, 1.807) is 6.20 Å². The number of nitrogens with one attached hydrogen (secondary N) is 1. The quantitative estimate of drug-likeness (QED) is 0.856. The van der Waals surface area contributed by atoms with Crippen molar-refractivity contribution in [1.29, 1.82) is 0 Å². The van der Waals surface area contributed by atoms with Crippen LogP contribution in [-0.4, -0.2) is 20.7 Å². The standard InChI is InChI=1S/C14H13FN4O2S/c1-9(5-6-15)7-10-8-16-14(22-10)17-13(21)11-3-4-12(20)19(2)18-11/h3-6,8H,1,7H2,2H3,(H,16,17,21)/b6-5+. The van der Waals surface area contributed by atoms with E-state index in [9.17, 15) is 14.0 Å². The van der Waals surface area contributed by atoms with Crippen LogP contribution >= 0.6 is 11.3 Å². The summed E-state index contributed by atoms with van der Waals surface area (Å²) in [6.07, 6.45) is 3.74. The van der Waals surface area contributed by atoms with Gasteiger partial charge in [0.2, 0.25) is 0 Å². The van der Waals surface area contributed by atoms with E-state index in [1.807, 2.05) is 0 Å². The third kappa shape index (κ3) is 3.95. The molecule has 2 aromatic rings. The summed E-state index contributed by atoms with van der Waals surface area (Å²) < 4.78 is 13.1. The summed E-state index contributed by atoms with van der Waals surface area (Å²) in [6.45, 7) is 3.70. The van der Waals surface area contributed by atoms with Gasteiger partial charge in [0.05, 0.1) is 6.33 Å². The number of halogens is 1. The molecule has 0 bridgehead atoms. The fourth-order valence-electron chi connectivity index (χ4n) is 1.60. The van der Waals surface area contributed by atoms with Crippen LogP contribution in [0.3, 0.4) is 0 Å². The molecule has 0 aliphatic rings. The monoisotopic (exact) mass is 320 g/mol. The van der Waals surface area contributed by atoms with E-state index in [0.29, 0.717) is 23.5 Å². The molecule has 0 radical (unpaired) electrons. The van der Waals surface area contributed by atoms with Crippen LogP contribution in [0, 0.1) is 0 Å². The molecular formula is C14H13FN4O2S. The van der Waals surface area contributed by atoms with Gasteiger partial charge in [-0.05, 0) is 17.7 Å². The Hall–Kier alpha value is -2.61. The summed E-state index contributed by atoms with van der Waals surface area (Å²) in [5.74, 6) is -0.459. The lowest BCUT2D eigenvalue weighted by atomic mass is 10.2. The first kappa shape index (κ1) is 15.8. The minimum atomic E-state index is -0.459. The molecule has 1 amide bonds. The minimum absolute atomic E-state index is 0.114. The molecule has 0 fully saturated rings. The number of anilines is 1. The first-order chi connectivity index (χ1) is 10.5.